The first-order valence-corrected chi connectivity index (χ1v) is 6.27. The van der Waals surface area contributed by atoms with Gasteiger partial charge in [-0.2, -0.15) is 0 Å². The van der Waals surface area contributed by atoms with E-state index < -0.39 is 0 Å². The predicted molar refractivity (Wildman–Crippen MR) is 58.2 cm³/mol. The van der Waals surface area contributed by atoms with Crippen molar-refractivity contribution in [3.05, 3.63) is 23.3 Å². The maximum atomic E-state index is 12.1. The maximum absolute atomic E-state index is 12.1. The van der Waals surface area contributed by atoms with Gasteiger partial charge >= 0.3 is 0 Å². The second kappa shape index (κ2) is 2.63. The molecule has 0 amide bonds. The number of Topliss-reactive ketones (excluding diaryl/α,β-unsaturated/α-hetero) is 1. The first-order chi connectivity index (χ1) is 7.36. The molecule has 0 aromatic rings. The summed E-state index contributed by atoms with van der Waals surface area (Å²) in [6, 6.07) is 0. The van der Waals surface area contributed by atoms with Crippen LogP contribution in [0.5, 0.6) is 0 Å². The van der Waals surface area contributed by atoms with E-state index in [0.717, 1.165) is 12.3 Å². The third kappa shape index (κ3) is 0.878. The molecule has 1 saturated carbocycles. The molecule has 0 N–H and O–H groups in total. The van der Waals surface area contributed by atoms with E-state index in [2.05, 4.69) is 12.2 Å². The van der Waals surface area contributed by atoms with Gasteiger partial charge in [0.15, 0.2) is 0 Å². The molecule has 15 heavy (non-hydrogen) atoms. The highest BCUT2D eigenvalue weighted by Crippen LogP contribution is 2.58. The zero-order chi connectivity index (χ0) is 9.99. The molecule has 0 heterocycles. The lowest BCUT2D eigenvalue weighted by molar-refractivity contribution is -0.128. The fraction of sp³-hybridized carbons (Fsp3) is 0.643. The molecule has 0 saturated heterocycles. The summed E-state index contributed by atoms with van der Waals surface area (Å²) in [6.07, 6.45) is 10.6. The van der Waals surface area contributed by atoms with Crippen molar-refractivity contribution in [1.29, 1.82) is 0 Å². The summed E-state index contributed by atoms with van der Waals surface area (Å²) < 4.78 is 0. The summed E-state index contributed by atoms with van der Waals surface area (Å²) in [5, 5.41) is 0. The van der Waals surface area contributed by atoms with Crippen LogP contribution in [-0.4, -0.2) is 5.78 Å². The van der Waals surface area contributed by atoms with Crippen LogP contribution in [-0.2, 0) is 4.79 Å². The van der Waals surface area contributed by atoms with Crippen LogP contribution in [0, 0.1) is 23.7 Å². The molecule has 5 rings (SSSR count). The maximum Gasteiger partial charge on any atom is 0.141 e. The average Bonchev–Trinajstić information content (AvgIpc) is 2.84. The molecule has 0 aromatic heterocycles. The summed E-state index contributed by atoms with van der Waals surface area (Å²) >= 11 is 0. The summed E-state index contributed by atoms with van der Waals surface area (Å²) in [7, 11) is 0. The van der Waals surface area contributed by atoms with E-state index in [4.69, 9.17) is 0 Å². The molecular formula is C14H16O. The number of carbonyl (C=O) groups excluding carboxylic acids is 1. The van der Waals surface area contributed by atoms with Crippen LogP contribution >= 0.6 is 0 Å². The minimum Gasteiger partial charge on any atom is -0.299 e. The molecule has 0 aliphatic heterocycles. The number of allylic oxidation sites excluding steroid dienone is 4. The first-order valence-electron chi connectivity index (χ1n) is 6.27. The molecule has 5 aliphatic carbocycles. The van der Waals surface area contributed by atoms with Gasteiger partial charge in [-0.3, -0.25) is 4.79 Å². The van der Waals surface area contributed by atoms with E-state index >= 15 is 0 Å². The average molecular weight is 200 g/mol. The molecule has 78 valence electrons. The number of hydrogen-bond acceptors (Lipinski definition) is 1. The Morgan fingerprint density at radius 3 is 3.00 bits per heavy atom. The zero-order valence-electron chi connectivity index (χ0n) is 8.91. The summed E-state index contributed by atoms with van der Waals surface area (Å²) in [5.74, 6) is 2.89. The molecule has 0 spiro atoms. The Balaban J connectivity index is 1.89. The van der Waals surface area contributed by atoms with Gasteiger partial charge in [0.25, 0.3) is 0 Å². The molecule has 1 nitrogen and oxygen atoms in total. The van der Waals surface area contributed by atoms with Gasteiger partial charge < -0.3 is 0 Å². The third-order valence-corrected chi connectivity index (χ3v) is 5.06. The van der Waals surface area contributed by atoms with Gasteiger partial charge in [-0.25, -0.2) is 0 Å². The number of hydrogen-bond donors (Lipinski definition) is 0. The molecule has 4 atom stereocenters. The van der Waals surface area contributed by atoms with Crippen molar-refractivity contribution in [3.8, 4) is 0 Å². The van der Waals surface area contributed by atoms with E-state index in [9.17, 15) is 4.79 Å². The van der Waals surface area contributed by atoms with Crippen LogP contribution < -0.4 is 0 Å². The van der Waals surface area contributed by atoms with Crippen molar-refractivity contribution in [1.82, 2.24) is 0 Å². The highest BCUT2D eigenvalue weighted by Gasteiger charge is 2.52. The molecule has 5 aliphatic rings. The lowest BCUT2D eigenvalue weighted by atomic mass is 9.57. The van der Waals surface area contributed by atoms with E-state index in [1.807, 2.05) is 0 Å². The quantitative estimate of drug-likeness (QED) is 0.549. The van der Waals surface area contributed by atoms with Gasteiger partial charge in [0.05, 0.1) is 0 Å². The van der Waals surface area contributed by atoms with Gasteiger partial charge in [-0.1, -0.05) is 23.3 Å². The highest BCUT2D eigenvalue weighted by molar-refractivity contribution is 5.88. The molecule has 4 unspecified atom stereocenters. The lowest BCUT2D eigenvalue weighted by Gasteiger charge is -2.45. The Kier molecular flexibility index (Phi) is 1.46. The fourth-order valence-corrected chi connectivity index (χ4v) is 4.57. The Hall–Kier alpha value is -0.850. The van der Waals surface area contributed by atoms with E-state index in [1.165, 1.54) is 25.7 Å². The van der Waals surface area contributed by atoms with Gasteiger partial charge in [-0.15, -0.1) is 0 Å². The van der Waals surface area contributed by atoms with Gasteiger partial charge in [0, 0.05) is 12.3 Å². The Labute approximate surface area is 90.2 Å². The third-order valence-electron chi connectivity index (χ3n) is 5.06. The largest absolute Gasteiger partial charge is 0.299 e. The smallest absolute Gasteiger partial charge is 0.141 e. The molecule has 0 radical (unpaired) electrons. The van der Waals surface area contributed by atoms with E-state index in [-0.39, 0.29) is 0 Å². The number of carbonyl (C=O) groups is 1. The zero-order valence-corrected chi connectivity index (χ0v) is 8.91. The van der Waals surface area contributed by atoms with Crippen molar-refractivity contribution in [3.63, 3.8) is 0 Å². The second-order valence-electron chi connectivity index (χ2n) is 5.56. The number of fused-ring (bicyclic) bond motifs is 1. The molecule has 0 aromatic carbocycles. The van der Waals surface area contributed by atoms with Crippen LogP contribution in [0.3, 0.4) is 0 Å². The van der Waals surface area contributed by atoms with Crippen LogP contribution in [0.1, 0.15) is 32.1 Å². The van der Waals surface area contributed by atoms with Crippen LogP contribution in [0.15, 0.2) is 23.3 Å². The standard InChI is InChI=1S/C14H16O/c15-13-7-12-8-3-1-5-10(8)14(13)11-6-2-4-9(11)12/h1,5,8,10,12,14H,2-4,6-7H2. The van der Waals surface area contributed by atoms with Crippen LogP contribution in [0.25, 0.3) is 0 Å². The van der Waals surface area contributed by atoms with Crippen molar-refractivity contribution in [2.45, 2.75) is 32.1 Å². The monoisotopic (exact) mass is 200 g/mol. The summed E-state index contributed by atoms with van der Waals surface area (Å²) in [5.41, 5.74) is 3.29. The normalized spacial score (nSPS) is 46.3. The predicted octanol–water partition coefficient (Wildman–Crippen LogP) is 2.88. The van der Waals surface area contributed by atoms with Crippen molar-refractivity contribution >= 4 is 5.78 Å². The van der Waals surface area contributed by atoms with Crippen LogP contribution in [0.2, 0.25) is 0 Å². The van der Waals surface area contributed by atoms with Crippen molar-refractivity contribution < 1.29 is 4.79 Å². The van der Waals surface area contributed by atoms with Gasteiger partial charge in [0.1, 0.15) is 5.78 Å². The minimum atomic E-state index is 0.316. The van der Waals surface area contributed by atoms with Crippen molar-refractivity contribution in [2.24, 2.45) is 23.7 Å². The molecule has 1 heteroatoms. The van der Waals surface area contributed by atoms with Crippen LogP contribution in [0.4, 0.5) is 0 Å². The topological polar surface area (TPSA) is 17.1 Å². The summed E-state index contributed by atoms with van der Waals surface area (Å²) in [6.45, 7) is 0. The first kappa shape index (κ1) is 8.32. The lowest BCUT2D eigenvalue weighted by Crippen LogP contribution is -2.44. The van der Waals surface area contributed by atoms with Crippen molar-refractivity contribution in [2.75, 3.05) is 0 Å². The SMILES string of the molecule is O=C1CC2C3=C(CCC3)C1C1C=CCC21. The Morgan fingerprint density at radius 1 is 1.20 bits per heavy atom. The van der Waals surface area contributed by atoms with Gasteiger partial charge in [-0.05, 0) is 43.4 Å². The van der Waals surface area contributed by atoms with Gasteiger partial charge in [0.2, 0.25) is 0 Å². The summed E-state index contributed by atoms with van der Waals surface area (Å²) in [4.78, 5) is 12.1. The fourth-order valence-electron chi connectivity index (χ4n) is 4.57. The number of ketones is 1. The van der Waals surface area contributed by atoms with E-state index in [1.54, 1.807) is 11.1 Å². The molecule has 1 fully saturated rings. The Morgan fingerprint density at radius 2 is 2.07 bits per heavy atom. The highest BCUT2D eigenvalue weighted by atomic mass is 16.1. The minimum absolute atomic E-state index is 0.316. The molecule has 2 bridgehead atoms. The van der Waals surface area contributed by atoms with E-state index in [0.29, 0.717) is 23.5 Å². The Bertz CT molecular complexity index is 402. The number of rotatable bonds is 0. The second-order valence-corrected chi connectivity index (χ2v) is 5.56. The molecular weight excluding hydrogens is 184 g/mol.